The highest BCUT2D eigenvalue weighted by molar-refractivity contribution is 5.16. The number of ether oxygens (including phenoxy) is 1. The maximum atomic E-state index is 13.5. The Labute approximate surface area is 169 Å². The first-order chi connectivity index (χ1) is 13.7. The van der Waals surface area contributed by atoms with E-state index in [9.17, 15) is 4.39 Å². The fourth-order valence-electron chi connectivity index (χ4n) is 5.92. The monoisotopic (exact) mass is 386 g/mol. The fraction of sp³-hybridized carbons (Fsp3) is 0.750. The van der Waals surface area contributed by atoms with E-state index in [-0.39, 0.29) is 5.82 Å². The van der Waals surface area contributed by atoms with E-state index in [4.69, 9.17) is 4.74 Å². The molecule has 4 aliphatic rings. The summed E-state index contributed by atoms with van der Waals surface area (Å²) in [4.78, 5) is 5.35. The summed E-state index contributed by atoms with van der Waals surface area (Å²) in [7, 11) is 0. The molecule has 2 aliphatic heterocycles. The van der Waals surface area contributed by atoms with Crippen molar-refractivity contribution < 1.29 is 9.13 Å². The van der Waals surface area contributed by atoms with Crippen LogP contribution in [0.4, 0.5) is 4.39 Å². The molecule has 3 nitrogen and oxygen atoms in total. The normalized spacial score (nSPS) is 29.1. The van der Waals surface area contributed by atoms with Crippen LogP contribution in [0.2, 0.25) is 0 Å². The molecular weight excluding hydrogens is 351 g/mol. The van der Waals surface area contributed by atoms with Crippen molar-refractivity contribution in [3.05, 3.63) is 35.6 Å². The highest BCUT2D eigenvalue weighted by Crippen LogP contribution is 2.48. The van der Waals surface area contributed by atoms with Gasteiger partial charge in [-0.1, -0.05) is 31.4 Å². The van der Waals surface area contributed by atoms with Gasteiger partial charge in [0.15, 0.2) is 0 Å². The van der Waals surface area contributed by atoms with Crippen LogP contribution in [0.5, 0.6) is 0 Å². The summed E-state index contributed by atoms with van der Waals surface area (Å²) >= 11 is 0. The molecule has 0 N–H and O–H groups in total. The Hall–Kier alpha value is -0.970. The molecule has 2 saturated carbocycles. The molecule has 0 bridgehead atoms. The van der Waals surface area contributed by atoms with Crippen LogP contribution in [0.25, 0.3) is 0 Å². The van der Waals surface area contributed by atoms with Crippen LogP contribution in [-0.4, -0.2) is 53.7 Å². The van der Waals surface area contributed by atoms with Gasteiger partial charge in [0.05, 0.1) is 6.10 Å². The molecule has 0 amide bonds. The van der Waals surface area contributed by atoms with E-state index in [0.29, 0.717) is 17.7 Å². The van der Waals surface area contributed by atoms with Crippen molar-refractivity contribution in [2.24, 2.45) is 5.92 Å². The van der Waals surface area contributed by atoms with E-state index in [1.165, 1.54) is 63.9 Å². The highest BCUT2D eigenvalue weighted by atomic mass is 19.1. The average molecular weight is 387 g/mol. The van der Waals surface area contributed by atoms with Crippen molar-refractivity contribution >= 4 is 0 Å². The Bertz CT molecular complexity index is 662. The zero-order valence-corrected chi connectivity index (χ0v) is 17.1. The Morgan fingerprint density at radius 3 is 2.54 bits per heavy atom. The van der Waals surface area contributed by atoms with Gasteiger partial charge in [-0.05, 0) is 75.2 Å². The standard InChI is InChI=1S/C24H35FN2O/c25-21-6-4-5-20(15-21)16-26-13-9-22(10-14-26)27-17-23(28-18-19-7-8-19)24(27)11-2-1-3-12-24/h4-6,15,19,22-23H,1-3,7-14,16-18H2. The molecule has 154 valence electrons. The highest BCUT2D eigenvalue weighted by Gasteiger charge is 2.56. The largest absolute Gasteiger partial charge is 0.375 e. The van der Waals surface area contributed by atoms with Crippen LogP contribution in [0.3, 0.4) is 0 Å². The zero-order chi connectivity index (χ0) is 19.0. The molecule has 0 aromatic heterocycles. The van der Waals surface area contributed by atoms with Crippen molar-refractivity contribution in [3.63, 3.8) is 0 Å². The maximum Gasteiger partial charge on any atom is 0.123 e. The van der Waals surface area contributed by atoms with Crippen molar-refractivity contribution in [1.29, 1.82) is 0 Å². The molecular formula is C24H35FN2O. The Balaban J connectivity index is 1.17. The first-order valence-corrected chi connectivity index (χ1v) is 11.6. The number of halogens is 1. The van der Waals surface area contributed by atoms with Crippen molar-refractivity contribution in [2.45, 2.75) is 82.0 Å². The van der Waals surface area contributed by atoms with Crippen LogP contribution < -0.4 is 0 Å². The van der Waals surface area contributed by atoms with E-state index >= 15 is 0 Å². The lowest BCUT2D eigenvalue weighted by Gasteiger charge is -2.63. The van der Waals surface area contributed by atoms with E-state index in [1.807, 2.05) is 12.1 Å². The Morgan fingerprint density at radius 2 is 1.82 bits per heavy atom. The van der Waals surface area contributed by atoms with E-state index in [2.05, 4.69) is 9.80 Å². The summed E-state index contributed by atoms with van der Waals surface area (Å²) < 4.78 is 19.9. The third-order valence-corrected chi connectivity index (χ3v) is 7.78. The second-order valence-electron chi connectivity index (χ2n) is 9.72. The second kappa shape index (κ2) is 8.04. The van der Waals surface area contributed by atoms with Gasteiger partial charge in [-0.15, -0.1) is 0 Å². The third-order valence-electron chi connectivity index (χ3n) is 7.78. The number of likely N-dealkylation sites (tertiary alicyclic amines) is 2. The summed E-state index contributed by atoms with van der Waals surface area (Å²) in [6, 6.07) is 7.79. The second-order valence-corrected chi connectivity index (χ2v) is 9.72. The lowest BCUT2D eigenvalue weighted by Crippen LogP contribution is -2.75. The van der Waals surface area contributed by atoms with Crippen molar-refractivity contribution in [1.82, 2.24) is 9.80 Å². The van der Waals surface area contributed by atoms with Crippen LogP contribution in [0.1, 0.15) is 63.4 Å². The van der Waals surface area contributed by atoms with E-state index < -0.39 is 0 Å². The van der Waals surface area contributed by atoms with Gasteiger partial charge in [0.2, 0.25) is 0 Å². The minimum absolute atomic E-state index is 0.121. The summed E-state index contributed by atoms with van der Waals surface area (Å²) in [5.41, 5.74) is 1.45. The molecule has 1 aromatic carbocycles. The molecule has 4 heteroatoms. The van der Waals surface area contributed by atoms with Gasteiger partial charge in [-0.2, -0.15) is 0 Å². The fourth-order valence-corrected chi connectivity index (χ4v) is 5.92. The summed E-state index contributed by atoms with van der Waals surface area (Å²) in [6.07, 6.45) is 12.6. The average Bonchev–Trinajstić information content (AvgIpc) is 3.53. The van der Waals surface area contributed by atoms with Gasteiger partial charge in [-0.25, -0.2) is 4.39 Å². The molecule has 2 saturated heterocycles. The molecule has 1 unspecified atom stereocenters. The van der Waals surface area contributed by atoms with Gasteiger partial charge < -0.3 is 4.74 Å². The van der Waals surface area contributed by atoms with Crippen molar-refractivity contribution in [2.75, 3.05) is 26.2 Å². The number of benzene rings is 1. The van der Waals surface area contributed by atoms with Gasteiger partial charge in [0.1, 0.15) is 5.82 Å². The molecule has 1 aromatic rings. The predicted molar refractivity (Wildman–Crippen MR) is 110 cm³/mol. The van der Waals surface area contributed by atoms with E-state index in [1.54, 1.807) is 6.07 Å². The van der Waals surface area contributed by atoms with Crippen LogP contribution in [-0.2, 0) is 11.3 Å². The molecule has 2 heterocycles. The molecule has 1 atom stereocenters. The number of rotatable bonds is 6. The quantitative estimate of drug-likeness (QED) is 0.710. The first-order valence-electron chi connectivity index (χ1n) is 11.6. The van der Waals surface area contributed by atoms with Gasteiger partial charge in [0, 0.05) is 31.3 Å². The Morgan fingerprint density at radius 1 is 1.04 bits per heavy atom. The molecule has 5 rings (SSSR count). The Kier molecular flexibility index (Phi) is 5.46. The minimum atomic E-state index is -0.121. The number of hydrogen-bond donors (Lipinski definition) is 0. The zero-order valence-electron chi connectivity index (χ0n) is 17.1. The minimum Gasteiger partial charge on any atom is -0.375 e. The van der Waals surface area contributed by atoms with Crippen LogP contribution in [0, 0.1) is 11.7 Å². The van der Waals surface area contributed by atoms with Gasteiger partial charge >= 0.3 is 0 Å². The number of piperidine rings is 1. The van der Waals surface area contributed by atoms with Gasteiger partial charge in [-0.3, -0.25) is 9.80 Å². The molecule has 2 aliphatic carbocycles. The maximum absolute atomic E-state index is 13.5. The molecule has 28 heavy (non-hydrogen) atoms. The third kappa shape index (κ3) is 3.88. The molecule has 0 radical (unpaired) electrons. The smallest absolute Gasteiger partial charge is 0.123 e. The molecule has 1 spiro atoms. The SMILES string of the molecule is Fc1cccc(CN2CCC(N3CC(OCC4CC4)C34CCCCC4)CC2)c1. The van der Waals surface area contributed by atoms with Crippen molar-refractivity contribution in [3.8, 4) is 0 Å². The lowest BCUT2D eigenvalue weighted by atomic mass is 9.69. The molecule has 4 fully saturated rings. The summed E-state index contributed by atoms with van der Waals surface area (Å²) in [5.74, 6) is 0.741. The topological polar surface area (TPSA) is 15.7 Å². The number of hydrogen-bond acceptors (Lipinski definition) is 3. The first kappa shape index (κ1) is 19.0. The number of nitrogens with zero attached hydrogens (tertiary/aromatic N) is 2. The predicted octanol–water partition coefficient (Wildman–Crippen LogP) is 4.60. The van der Waals surface area contributed by atoms with Gasteiger partial charge in [0.25, 0.3) is 0 Å². The van der Waals surface area contributed by atoms with Crippen LogP contribution >= 0.6 is 0 Å². The summed E-state index contributed by atoms with van der Waals surface area (Å²) in [5, 5.41) is 0. The van der Waals surface area contributed by atoms with E-state index in [0.717, 1.165) is 44.3 Å². The lowest BCUT2D eigenvalue weighted by molar-refractivity contribution is -0.203. The van der Waals surface area contributed by atoms with Crippen LogP contribution in [0.15, 0.2) is 24.3 Å². The summed E-state index contributed by atoms with van der Waals surface area (Å²) in [6.45, 7) is 5.29.